The van der Waals surface area contributed by atoms with Crippen LogP contribution in [0, 0.1) is 5.41 Å². The van der Waals surface area contributed by atoms with Gasteiger partial charge in [-0.05, 0) is 78.3 Å². The van der Waals surface area contributed by atoms with Crippen LogP contribution in [0.2, 0.25) is 0 Å². The third kappa shape index (κ3) is 3.13. The molecule has 3 heterocycles. The number of hydrogen-bond acceptors (Lipinski definition) is 5. The van der Waals surface area contributed by atoms with Crippen LogP contribution in [0.1, 0.15) is 69.7 Å². The van der Waals surface area contributed by atoms with Gasteiger partial charge in [0.1, 0.15) is 0 Å². The molecule has 4 aliphatic rings. The average Bonchev–Trinajstić information content (AvgIpc) is 3.30. The predicted octanol–water partition coefficient (Wildman–Crippen LogP) is 6.20. The molecule has 1 aromatic heterocycles. The first-order valence-corrected chi connectivity index (χ1v) is 12.6. The summed E-state index contributed by atoms with van der Waals surface area (Å²) in [6.07, 6.45) is 10.4. The van der Waals surface area contributed by atoms with Gasteiger partial charge in [-0.25, -0.2) is 0 Å². The van der Waals surface area contributed by atoms with Crippen LogP contribution < -0.4 is 5.32 Å². The van der Waals surface area contributed by atoms with E-state index in [1.807, 2.05) is 12.4 Å². The number of rotatable bonds is 3. The normalized spacial score (nSPS) is 27.0. The van der Waals surface area contributed by atoms with Gasteiger partial charge in [-0.1, -0.05) is 39.0 Å². The van der Waals surface area contributed by atoms with Crippen molar-refractivity contribution in [1.82, 2.24) is 10.3 Å². The Hall–Kier alpha value is -3.08. The number of nitrogens with zero attached hydrogens (tertiary/aromatic N) is 3. The minimum absolute atomic E-state index is 0.0582. The first kappa shape index (κ1) is 21.5. The Morgan fingerprint density at radius 3 is 2.82 bits per heavy atom. The zero-order valence-electron chi connectivity index (χ0n) is 20.3. The molecule has 0 bridgehead atoms. The molecule has 0 amide bonds. The van der Waals surface area contributed by atoms with E-state index >= 15 is 0 Å². The van der Waals surface area contributed by atoms with Gasteiger partial charge < -0.3 is 5.32 Å². The van der Waals surface area contributed by atoms with Crippen LogP contribution in [0.4, 0.5) is 0 Å². The highest BCUT2D eigenvalue weighted by Gasteiger charge is 2.53. The maximum absolute atomic E-state index is 13.7. The second-order valence-corrected chi connectivity index (χ2v) is 11.0. The Kier molecular flexibility index (Phi) is 4.87. The van der Waals surface area contributed by atoms with E-state index in [4.69, 9.17) is 0 Å². The van der Waals surface area contributed by atoms with Gasteiger partial charge in [0.15, 0.2) is 11.9 Å². The van der Waals surface area contributed by atoms with E-state index in [0.29, 0.717) is 6.42 Å². The van der Waals surface area contributed by atoms with Gasteiger partial charge in [0, 0.05) is 35.2 Å². The number of allylic oxidation sites excluding steroid dienone is 2. The fourth-order valence-electron chi connectivity index (χ4n) is 6.74. The van der Waals surface area contributed by atoms with Gasteiger partial charge in [0.05, 0.1) is 11.6 Å². The standard InChI is InChI=1S/C29H32N4O/c1-4-29(22-17-31-33-27(22)32-24-15-28(2,3)16-25(34)26(24)29)19-9-7-8-18(14-19)20-12-13-30-23-11-6-5-10-21(20)23/h7-9,12-14,17,27,32H,4-6,10-11,15-16H2,1-3H3/t27?,29-/m1/s1. The summed E-state index contributed by atoms with van der Waals surface area (Å²) in [4.78, 5) is 18.4. The molecule has 1 unspecified atom stereocenters. The Labute approximate surface area is 201 Å². The third-order valence-corrected chi connectivity index (χ3v) is 8.21. The first-order chi connectivity index (χ1) is 16.4. The number of benzene rings is 1. The monoisotopic (exact) mass is 452 g/mol. The number of carbonyl (C=O) groups is 1. The van der Waals surface area contributed by atoms with Crippen LogP contribution >= 0.6 is 0 Å². The largest absolute Gasteiger partial charge is 0.362 e. The van der Waals surface area contributed by atoms with E-state index in [0.717, 1.165) is 42.5 Å². The second kappa shape index (κ2) is 7.72. The van der Waals surface area contributed by atoms with Crippen molar-refractivity contribution < 1.29 is 4.79 Å². The van der Waals surface area contributed by atoms with E-state index in [9.17, 15) is 4.79 Å². The van der Waals surface area contributed by atoms with E-state index in [1.54, 1.807) is 0 Å². The highest BCUT2D eigenvalue weighted by Crippen LogP contribution is 2.54. The molecule has 0 saturated carbocycles. The van der Waals surface area contributed by atoms with Gasteiger partial charge in [-0.3, -0.25) is 9.78 Å². The Balaban J connectivity index is 1.55. The zero-order chi connectivity index (χ0) is 23.5. The summed E-state index contributed by atoms with van der Waals surface area (Å²) >= 11 is 0. The molecule has 1 aromatic carbocycles. The maximum atomic E-state index is 13.7. The lowest BCUT2D eigenvalue weighted by Crippen LogP contribution is -2.51. The molecule has 2 aliphatic heterocycles. The number of aryl methyl sites for hydroxylation is 1. The molecule has 0 saturated heterocycles. The molecule has 5 heteroatoms. The highest BCUT2D eigenvalue weighted by atomic mass is 16.1. The van der Waals surface area contributed by atoms with E-state index in [1.165, 1.54) is 40.8 Å². The lowest BCUT2D eigenvalue weighted by molar-refractivity contribution is -0.119. The third-order valence-electron chi connectivity index (χ3n) is 8.21. The predicted molar refractivity (Wildman–Crippen MR) is 133 cm³/mol. The number of azo groups is 1. The Bertz CT molecular complexity index is 1280. The number of pyridine rings is 1. The summed E-state index contributed by atoms with van der Waals surface area (Å²) in [5.41, 5.74) is 8.80. The van der Waals surface area contributed by atoms with Crippen molar-refractivity contribution in [2.45, 2.75) is 77.3 Å². The minimum Gasteiger partial charge on any atom is -0.362 e. The molecule has 2 aliphatic carbocycles. The van der Waals surface area contributed by atoms with Crippen LogP contribution in [0.5, 0.6) is 0 Å². The first-order valence-electron chi connectivity index (χ1n) is 12.6. The highest BCUT2D eigenvalue weighted by molar-refractivity contribution is 6.01. The molecule has 2 aromatic rings. The van der Waals surface area contributed by atoms with E-state index in [2.05, 4.69) is 71.6 Å². The number of fused-ring (bicyclic) bond motifs is 2. The molecule has 34 heavy (non-hydrogen) atoms. The molecular formula is C29H32N4O. The summed E-state index contributed by atoms with van der Waals surface area (Å²) in [7, 11) is 0. The van der Waals surface area contributed by atoms with Crippen molar-refractivity contribution >= 4 is 5.78 Å². The molecule has 5 nitrogen and oxygen atoms in total. The number of hydrogen-bond donors (Lipinski definition) is 1. The lowest BCUT2D eigenvalue weighted by Gasteiger charge is -2.47. The van der Waals surface area contributed by atoms with Gasteiger partial charge in [-0.15, -0.1) is 0 Å². The molecule has 174 valence electrons. The summed E-state index contributed by atoms with van der Waals surface area (Å²) in [6, 6.07) is 11.0. The SMILES string of the molecule is CC[C@@]1(c2cccc(-c3ccnc4c3CCCC4)c2)C2=CN=NC2NC2=C1C(=O)CC(C)(C)C2. The number of aromatic nitrogens is 1. The zero-order valence-corrected chi connectivity index (χ0v) is 20.3. The average molecular weight is 453 g/mol. The van der Waals surface area contributed by atoms with Gasteiger partial charge in [0.25, 0.3) is 0 Å². The molecular weight excluding hydrogens is 420 g/mol. The molecule has 0 fully saturated rings. The van der Waals surface area contributed by atoms with Crippen molar-refractivity contribution in [1.29, 1.82) is 0 Å². The number of carbonyl (C=O) groups excluding carboxylic acids is 1. The molecule has 0 radical (unpaired) electrons. The lowest BCUT2D eigenvalue weighted by atomic mass is 9.58. The van der Waals surface area contributed by atoms with Crippen molar-refractivity contribution in [3.8, 4) is 11.1 Å². The summed E-state index contributed by atoms with van der Waals surface area (Å²) in [5, 5.41) is 12.4. The summed E-state index contributed by atoms with van der Waals surface area (Å²) in [5.74, 6) is 0.249. The Morgan fingerprint density at radius 2 is 1.97 bits per heavy atom. The van der Waals surface area contributed by atoms with Crippen LogP contribution in [0.15, 0.2) is 69.8 Å². The summed E-state index contributed by atoms with van der Waals surface area (Å²) in [6.45, 7) is 6.55. The van der Waals surface area contributed by atoms with Crippen molar-refractivity contribution in [2.75, 3.05) is 0 Å². The smallest absolute Gasteiger partial charge is 0.164 e. The van der Waals surface area contributed by atoms with Crippen LogP contribution in [0.3, 0.4) is 0 Å². The van der Waals surface area contributed by atoms with Crippen molar-refractivity contribution in [2.24, 2.45) is 15.6 Å². The molecule has 1 N–H and O–H groups in total. The Morgan fingerprint density at radius 1 is 1.12 bits per heavy atom. The van der Waals surface area contributed by atoms with Crippen LogP contribution in [-0.4, -0.2) is 16.9 Å². The fraction of sp³-hybridized carbons (Fsp3) is 0.448. The maximum Gasteiger partial charge on any atom is 0.164 e. The van der Waals surface area contributed by atoms with E-state index in [-0.39, 0.29) is 17.4 Å². The topological polar surface area (TPSA) is 66.7 Å². The summed E-state index contributed by atoms with van der Waals surface area (Å²) < 4.78 is 0. The number of Topliss-reactive ketones (excluding diaryl/α,β-unsaturated/α-hetero) is 1. The molecule has 6 rings (SSSR count). The number of ketones is 1. The minimum atomic E-state index is -0.508. The fourth-order valence-corrected chi connectivity index (χ4v) is 6.74. The molecule has 2 atom stereocenters. The van der Waals surface area contributed by atoms with Crippen molar-refractivity contribution in [3.05, 3.63) is 76.4 Å². The van der Waals surface area contributed by atoms with Gasteiger partial charge in [0.2, 0.25) is 0 Å². The van der Waals surface area contributed by atoms with Crippen LogP contribution in [0.25, 0.3) is 11.1 Å². The van der Waals surface area contributed by atoms with Gasteiger partial charge >= 0.3 is 0 Å². The molecule has 0 spiro atoms. The van der Waals surface area contributed by atoms with Crippen LogP contribution in [-0.2, 0) is 23.1 Å². The van der Waals surface area contributed by atoms with Gasteiger partial charge in [-0.2, -0.15) is 10.2 Å². The van der Waals surface area contributed by atoms with Crippen molar-refractivity contribution in [3.63, 3.8) is 0 Å². The second-order valence-electron chi connectivity index (χ2n) is 11.0. The quantitative estimate of drug-likeness (QED) is 0.603. The van der Waals surface area contributed by atoms with E-state index < -0.39 is 5.41 Å². The number of nitrogens with one attached hydrogen (secondary N) is 1.